The fourth-order valence-corrected chi connectivity index (χ4v) is 2.30. The molecule has 0 amide bonds. The normalized spacial score (nSPS) is 29.3. The van der Waals surface area contributed by atoms with Crippen LogP contribution in [-0.2, 0) is 4.79 Å². The molecule has 0 aliphatic heterocycles. The Morgan fingerprint density at radius 2 is 2.42 bits per heavy atom. The van der Waals surface area contributed by atoms with Crippen LogP contribution in [0.25, 0.3) is 0 Å². The van der Waals surface area contributed by atoms with E-state index in [1.165, 1.54) is 0 Å². The highest BCUT2D eigenvalue weighted by Crippen LogP contribution is 2.43. The molecule has 1 atom stereocenters. The Labute approximate surface area is 78.8 Å². The minimum absolute atomic E-state index is 0.154. The van der Waals surface area contributed by atoms with E-state index in [0.717, 1.165) is 25.7 Å². The van der Waals surface area contributed by atoms with E-state index in [2.05, 4.69) is 13.5 Å². The maximum atomic E-state index is 11.6. The van der Waals surface area contributed by atoms with Crippen LogP contribution < -0.4 is 0 Å². The van der Waals surface area contributed by atoms with E-state index in [9.17, 15) is 4.79 Å². The Hall–Kier alpha value is -0.300. The summed E-state index contributed by atoms with van der Waals surface area (Å²) in [6, 6.07) is 0. The van der Waals surface area contributed by atoms with Gasteiger partial charge in [0.25, 0.3) is 0 Å². The maximum Gasteiger partial charge on any atom is 0.139 e. The van der Waals surface area contributed by atoms with Gasteiger partial charge in [0.15, 0.2) is 0 Å². The van der Waals surface area contributed by atoms with E-state index in [-0.39, 0.29) is 5.41 Å². The summed E-state index contributed by atoms with van der Waals surface area (Å²) in [6.45, 7) is 5.72. The van der Waals surface area contributed by atoms with Crippen molar-refractivity contribution in [2.24, 2.45) is 5.41 Å². The van der Waals surface area contributed by atoms with Crippen molar-refractivity contribution in [3.8, 4) is 0 Å². The van der Waals surface area contributed by atoms with Gasteiger partial charge in [0, 0.05) is 16.9 Å². The first kappa shape index (κ1) is 9.79. The molecule has 12 heavy (non-hydrogen) atoms. The minimum Gasteiger partial charge on any atom is -0.299 e. The Morgan fingerprint density at radius 1 is 1.75 bits per heavy atom. The first-order valence-corrected chi connectivity index (χ1v) is 4.85. The molecule has 1 aliphatic carbocycles. The number of hydrogen-bond donors (Lipinski definition) is 0. The molecule has 0 unspecified atom stereocenters. The van der Waals surface area contributed by atoms with Gasteiger partial charge in [-0.15, -0.1) is 0 Å². The number of rotatable bonds is 3. The lowest BCUT2D eigenvalue weighted by Gasteiger charge is -2.24. The number of allylic oxidation sites excluding steroid dienone is 1. The zero-order valence-electron chi connectivity index (χ0n) is 7.53. The first-order chi connectivity index (χ1) is 5.60. The molecule has 0 aromatic heterocycles. The van der Waals surface area contributed by atoms with Crippen molar-refractivity contribution in [2.45, 2.75) is 39.0 Å². The zero-order valence-corrected chi connectivity index (χ0v) is 8.28. The summed E-state index contributed by atoms with van der Waals surface area (Å²) in [5.74, 6) is 0.381. The standard InChI is InChI=1S/C10H15ClO/c1-3-10(7-8(2)11)6-4-5-9(10)12/h2-7H2,1H3/t10-/m0/s1. The summed E-state index contributed by atoms with van der Waals surface area (Å²) in [6.07, 6.45) is 4.32. The highest BCUT2D eigenvalue weighted by Gasteiger charge is 2.40. The van der Waals surface area contributed by atoms with Gasteiger partial charge in [-0.1, -0.05) is 25.1 Å². The lowest BCUT2D eigenvalue weighted by molar-refractivity contribution is -0.125. The van der Waals surface area contributed by atoms with Gasteiger partial charge in [-0.25, -0.2) is 0 Å². The van der Waals surface area contributed by atoms with Gasteiger partial charge in [0.2, 0.25) is 0 Å². The predicted molar refractivity (Wildman–Crippen MR) is 51.2 cm³/mol. The fourth-order valence-electron chi connectivity index (χ4n) is 2.05. The topological polar surface area (TPSA) is 17.1 Å². The van der Waals surface area contributed by atoms with Crippen LogP contribution >= 0.6 is 11.6 Å². The van der Waals surface area contributed by atoms with Gasteiger partial charge < -0.3 is 0 Å². The van der Waals surface area contributed by atoms with Gasteiger partial charge in [-0.2, -0.15) is 0 Å². The Bertz CT molecular complexity index is 210. The van der Waals surface area contributed by atoms with E-state index in [1.807, 2.05) is 0 Å². The molecule has 0 heterocycles. The predicted octanol–water partition coefficient (Wildman–Crippen LogP) is 3.28. The van der Waals surface area contributed by atoms with E-state index in [0.29, 0.717) is 17.2 Å². The van der Waals surface area contributed by atoms with Crippen molar-refractivity contribution in [3.63, 3.8) is 0 Å². The summed E-state index contributed by atoms with van der Waals surface area (Å²) in [5, 5.41) is 0.618. The second-order valence-corrected chi connectivity index (χ2v) is 4.14. The molecule has 1 nitrogen and oxygen atoms in total. The molecule has 68 valence electrons. The van der Waals surface area contributed by atoms with Crippen LogP contribution in [-0.4, -0.2) is 5.78 Å². The highest BCUT2D eigenvalue weighted by molar-refractivity contribution is 6.29. The third kappa shape index (κ3) is 1.71. The zero-order chi connectivity index (χ0) is 9.19. The summed E-state index contributed by atoms with van der Waals surface area (Å²) < 4.78 is 0. The summed E-state index contributed by atoms with van der Waals surface area (Å²) in [5.41, 5.74) is -0.154. The Balaban J connectivity index is 2.74. The number of hydrogen-bond acceptors (Lipinski definition) is 1. The summed E-state index contributed by atoms with van der Waals surface area (Å²) >= 11 is 5.74. The lowest BCUT2D eigenvalue weighted by Crippen LogP contribution is -2.24. The van der Waals surface area contributed by atoms with Crippen LogP contribution in [0.5, 0.6) is 0 Å². The summed E-state index contributed by atoms with van der Waals surface area (Å²) in [4.78, 5) is 11.6. The van der Waals surface area contributed by atoms with Gasteiger partial charge in [-0.05, 0) is 25.7 Å². The molecule has 0 aromatic carbocycles. The van der Waals surface area contributed by atoms with Crippen LogP contribution in [0, 0.1) is 5.41 Å². The average Bonchev–Trinajstić information content (AvgIpc) is 2.32. The molecular weight excluding hydrogens is 172 g/mol. The third-order valence-electron chi connectivity index (χ3n) is 2.86. The molecule has 0 aromatic rings. The largest absolute Gasteiger partial charge is 0.299 e. The van der Waals surface area contributed by atoms with E-state index in [4.69, 9.17) is 11.6 Å². The molecule has 0 bridgehead atoms. The number of halogens is 1. The Kier molecular flexibility index (Phi) is 2.94. The SMILES string of the molecule is C=C(Cl)C[C@]1(CC)CCCC1=O. The number of carbonyl (C=O) groups is 1. The Morgan fingerprint density at radius 3 is 2.75 bits per heavy atom. The van der Waals surface area contributed by atoms with Gasteiger partial charge in [0.05, 0.1) is 0 Å². The number of carbonyl (C=O) groups excluding carboxylic acids is 1. The lowest BCUT2D eigenvalue weighted by atomic mass is 9.79. The van der Waals surface area contributed by atoms with Crippen LogP contribution in [0.4, 0.5) is 0 Å². The van der Waals surface area contributed by atoms with Crippen molar-refractivity contribution in [2.75, 3.05) is 0 Å². The van der Waals surface area contributed by atoms with Crippen molar-refractivity contribution >= 4 is 17.4 Å². The molecule has 2 heteroatoms. The molecule has 1 saturated carbocycles. The second kappa shape index (κ2) is 3.61. The average molecular weight is 187 g/mol. The second-order valence-electron chi connectivity index (χ2n) is 3.60. The third-order valence-corrected chi connectivity index (χ3v) is 2.99. The van der Waals surface area contributed by atoms with Crippen LogP contribution in [0.3, 0.4) is 0 Å². The smallest absolute Gasteiger partial charge is 0.139 e. The van der Waals surface area contributed by atoms with Gasteiger partial charge in [-0.3, -0.25) is 4.79 Å². The molecule has 1 fully saturated rings. The van der Waals surface area contributed by atoms with Crippen LogP contribution in [0.15, 0.2) is 11.6 Å². The molecule has 1 rings (SSSR count). The molecule has 0 N–H and O–H groups in total. The molecule has 0 spiro atoms. The summed E-state index contributed by atoms with van der Waals surface area (Å²) in [7, 11) is 0. The molecule has 0 radical (unpaired) electrons. The van der Waals surface area contributed by atoms with E-state index < -0.39 is 0 Å². The fraction of sp³-hybridized carbons (Fsp3) is 0.700. The molecule has 0 saturated heterocycles. The van der Waals surface area contributed by atoms with Crippen molar-refractivity contribution < 1.29 is 4.79 Å². The quantitative estimate of drug-likeness (QED) is 0.661. The van der Waals surface area contributed by atoms with Crippen LogP contribution in [0.2, 0.25) is 0 Å². The minimum atomic E-state index is -0.154. The maximum absolute atomic E-state index is 11.6. The highest BCUT2D eigenvalue weighted by atomic mass is 35.5. The van der Waals surface area contributed by atoms with Crippen LogP contribution in [0.1, 0.15) is 39.0 Å². The van der Waals surface area contributed by atoms with Gasteiger partial charge >= 0.3 is 0 Å². The first-order valence-electron chi connectivity index (χ1n) is 4.47. The van der Waals surface area contributed by atoms with Gasteiger partial charge in [0.1, 0.15) is 5.78 Å². The molecular formula is C10H15ClO. The monoisotopic (exact) mass is 186 g/mol. The number of ketones is 1. The van der Waals surface area contributed by atoms with Crippen molar-refractivity contribution in [3.05, 3.63) is 11.6 Å². The molecule has 1 aliphatic rings. The van der Waals surface area contributed by atoms with E-state index >= 15 is 0 Å². The number of Topliss-reactive ketones (excluding diaryl/α,β-unsaturated/α-hetero) is 1. The van der Waals surface area contributed by atoms with Crippen molar-refractivity contribution in [1.82, 2.24) is 0 Å². The van der Waals surface area contributed by atoms with Crippen molar-refractivity contribution in [1.29, 1.82) is 0 Å². The van der Waals surface area contributed by atoms with E-state index in [1.54, 1.807) is 0 Å².